The summed E-state index contributed by atoms with van der Waals surface area (Å²) in [4.78, 5) is 2.38. The SMILES string of the molecule is Cn1nccc1-c1nnc(N2CCC(NCc3ccccc3)CC2)c2ccccc12. The minimum Gasteiger partial charge on any atom is -0.354 e. The van der Waals surface area contributed by atoms with Gasteiger partial charge in [-0.2, -0.15) is 5.10 Å². The summed E-state index contributed by atoms with van der Waals surface area (Å²) >= 11 is 0. The standard InChI is InChI=1S/C24H26N6/c1-29-22(11-14-26-29)23-20-9-5-6-10-21(20)24(28-27-23)30-15-12-19(13-16-30)25-17-18-7-3-2-4-8-18/h2-11,14,19,25H,12-13,15-17H2,1H3. The average molecular weight is 399 g/mol. The Morgan fingerprint density at radius 1 is 0.900 bits per heavy atom. The molecule has 2 aromatic carbocycles. The Morgan fingerprint density at radius 2 is 1.63 bits per heavy atom. The number of nitrogens with one attached hydrogen (secondary N) is 1. The highest BCUT2D eigenvalue weighted by Crippen LogP contribution is 2.32. The lowest BCUT2D eigenvalue weighted by molar-refractivity contribution is 0.413. The van der Waals surface area contributed by atoms with Gasteiger partial charge in [-0.1, -0.05) is 54.6 Å². The smallest absolute Gasteiger partial charge is 0.159 e. The van der Waals surface area contributed by atoms with Gasteiger partial charge in [0.25, 0.3) is 0 Å². The zero-order valence-corrected chi connectivity index (χ0v) is 17.2. The highest BCUT2D eigenvalue weighted by atomic mass is 15.3. The minimum atomic E-state index is 0.536. The summed E-state index contributed by atoms with van der Waals surface area (Å²) in [5, 5.41) is 19.5. The maximum absolute atomic E-state index is 4.66. The normalized spacial score (nSPS) is 15.0. The van der Waals surface area contributed by atoms with Crippen LogP contribution in [0.4, 0.5) is 5.82 Å². The third kappa shape index (κ3) is 3.66. The van der Waals surface area contributed by atoms with E-state index in [1.54, 1.807) is 6.20 Å². The first-order valence-corrected chi connectivity index (χ1v) is 10.6. The van der Waals surface area contributed by atoms with Crippen molar-refractivity contribution in [2.24, 2.45) is 7.05 Å². The summed E-state index contributed by atoms with van der Waals surface area (Å²) in [6, 6.07) is 21.5. The van der Waals surface area contributed by atoms with E-state index in [2.05, 4.69) is 80.1 Å². The molecule has 0 bridgehead atoms. The third-order valence-corrected chi connectivity index (χ3v) is 5.96. The van der Waals surface area contributed by atoms with Gasteiger partial charge in [0.2, 0.25) is 0 Å². The molecule has 30 heavy (non-hydrogen) atoms. The van der Waals surface area contributed by atoms with Crippen LogP contribution in [0.5, 0.6) is 0 Å². The highest BCUT2D eigenvalue weighted by Gasteiger charge is 2.23. The minimum absolute atomic E-state index is 0.536. The Bertz CT molecular complexity index is 1130. The molecule has 1 N–H and O–H groups in total. The van der Waals surface area contributed by atoms with Crippen molar-refractivity contribution in [3.05, 3.63) is 72.4 Å². The van der Waals surface area contributed by atoms with Gasteiger partial charge in [0, 0.05) is 49.7 Å². The van der Waals surface area contributed by atoms with Crippen molar-refractivity contribution in [1.29, 1.82) is 0 Å². The Kier molecular flexibility index (Phi) is 5.15. The lowest BCUT2D eigenvalue weighted by atomic mass is 10.0. The molecule has 6 nitrogen and oxygen atoms in total. The Morgan fingerprint density at radius 3 is 2.37 bits per heavy atom. The second kappa shape index (κ2) is 8.24. The molecule has 1 fully saturated rings. The summed E-state index contributed by atoms with van der Waals surface area (Å²) in [6.45, 7) is 2.89. The molecule has 0 radical (unpaired) electrons. The van der Waals surface area contributed by atoms with Crippen LogP contribution in [0.15, 0.2) is 66.9 Å². The van der Waals surface area contributed by atoms with Crippen molar-refractivity contribution in [3.8, 4) is 11.4 Å². The maximum Gasteiger partial charge on any atom is 0.159 e. The van der Waals surface area contributed by atoms with Gasteiger partial charge >= 0.3 is 0 Å². The van der Waals surface area contributed by atoms with Crippen LogP contribution in [0.1, 0.15) is 18.4 Å². The molecule has 1 aliphatic heterocycles. The largest absolute Gasteiger partial charge is 0.354 e. The molecule has 6 heteroatoms. The number of fused-ring (bicyclic) bond motifs is 1. The molecule has 2 aromatic heterocycles. The fourth-order valence-electron chi connectivity index (χ4n) is 4.27. The van der Waals surface area contributed by atoms with Gasteiger partial charge in [-0.3, -0.25) is 4.68 Å². The highest BCUT2D eigenvalue weighted by molar-refractivity contribution is 5.99. The zero-order valence-electron chi connectivity index (χ0n) is 17.2. The lowest BCUT2D eigenvalue weighted by Crippen LogP contribution is -2.42. The van der Waals surface area contributed by atoms with Gasteiger partial charge in [-0.15, -0.1) is 10.2 Å². The van der Waals surface area contributed by atoms with E-state index in [4.69, 9.17) is 0 Å². The van der Waals surface area contributed by atoms with E-state index in [0.717, 1.165) is 60.5 Å². The number of aryl methyl sites for hydroxylation is 1. The van der Waals surface area contributed by atoms with E-state index in [0.29, 0.717) is 6.04 Å². The van der Waals surface area contributed by atoms with E-state index in [-0.39, 0.29) is 0 Å². The molecule has 1 aliphatic rings. The number of rotatable bonds is 5. The van der Waals surface area contributed by atoms with Crippen LogP contribution in [0.25, 0.3) is 22.2 Å². The van der Waals surface area contributed by atoms with Crippen molar-refractivity contribution in [2.75, 3.05) is 18.0 Å². The van der Waals surface area contributed by atoms with Crippen molar-refractivity contribution in [1.82, 2.24) is 25.3 Å². The van der Waals surface area contributed by atoms with Crippen LogP contribution in [-0.2, 0) is 13.6 Å². The number of benzene rings is 2. The van der Waals surface area contributed by atoms with Crippen LogP contribution in [0, 0.1) is 0 Å². The number of anilines is 1. The fourth-order valence-corrected chi connectivity index (χ4v) is 4.27. The molecule has 0 spiro atoms. The first-order valence-electron chi connectivity index (χ1n) is 10.6. The van der Waals surface area contributed by atoms with Gasteiger partial charge < -0.3 is 10.2 Å². The van der Waals surface area contributed by atoms with E-state index in [1.807, 2.05) is 17.8 Å². The third-order valence-electron chi connectivity index (χ3n) is 5.96. The predicted octanol–water partition coefficient (Wildman–Crippen LogP) is 3.79. The summed E-state index contributed by atoms with van der Waals surface area (Å²) in [7, 11) is 1.94. The van der Waals surface area contributed by atoms with E-state index in [1.165, 1.54) is 5.56 Å². The predicted molar refractivity (Wildman–Crippen MR) is 120 cm³/mol. The second-order valence-corrected chi connectivity index (χ2v) is 7.89. The number of piperidine rings is 1. The molecular weight excluding hydrogens is 372 g/mol. The first kappa shape index (κ1) is 18.8. The molecule has 5 rings (SSSR count). The lowest BCUT2D eigenvalue weighted by Gasteiger charge is -2.33. The monoisotopic (exact) mass is 398 g/mol. The van der Waals surface area contributed by atoms with E-state index >= 15 is 0 Å². The maximum atomic E-state index is 4.66. The number of nitrogens with zero attached hydrogens (tertiary/aromatic N) is 5. The fraction of sp³-hybridized carbons (Fsp3) is 0.292. The Labute approximate surface area is 176 Å². The van der Waals surface area contributed by atoms with Gasteiger partial charge in [0.15, 0.2) is 5.82 Å². The molecule has 1 saturated heterocycles. The van der Waals surface area contributed by atoms with Crippen molar-refractivity contribution < 1.29 is 0 Å². The number of aromatic nitrogens is 4. The summed E-state index contributed by atoms with van der Waals surface area (Å²) in [5.74, 6) is 0.984. The topological polar surface area (TPSA) is 58.9 Å². The van der Waals surface area contributed by atoms with E-state index in [9.17, 15) is 0 Å². The van der Waals surface area contributed by atoms with Crippen LogP contribution >= 0.6 is 0 Å². The molecule has 0 unspecified atom stereocenters. The van der Waals surface area contributed by atoms with Gasteiger partial charge in [-0.25, -0.2) is 0 Å². The van der Waals surface area contributed by atoms with Crippen molar-refractivity contribution >= 4 is 16.6 Å². The Balaban J connectivity index is 1.33. The average Bonchev–Trinajstić information content (AvgIpc) is 3.23. The van der Waals surface area contributed by atoms with Crippen LogP contribution in [0.2, 0.25) is 0 Å². The van der Waals surface area contributed by atoms with Crippen LogP contribution in [0.3, 0.4) is 0 Å². The van der Waals surface area contributed by atoms with E-state index < -0.39 is 0 Å². The van der Waals surface area contributed by atoms with Crippen LogP contribution in [-0.4, -0.2) is 39.1 Å². The van der Waals surface area contributed by atoms with Gasteiger partial charge in [0.1, 0.15) is 5.69 Å². The quantitative estimate of drug-likeness (QED) is 0.554. The van der Waals surface area contributed by atoms with Crippen molar-refractivity contribution in [3.63, 3.8) is 0 Å². The Hall–Kier alpha value is -3.25. The van der Waals surface area contributed by atoms with Gasteiger partial charge in [-0.05, 0) is 24.5 Å². The molecule has 0 amide bonds. The number of hydrogen-bond donors (Lipinski definition) is 1. The van der Waals surface area contributed by atoms with Crippen LogP contribution < -0.4 is 10.2 Å². The molecule has 0 saturated carbocycles. The molecule has 3 heterocycles. The summed E-state index contributed by atoms with van der Waals surface area (Å²) in [6.07, 6.45) is 4.01. The van der Waals surface area contributed by atoms with Gasteiger partial charge in [0.05, 0.1) is 5.69 Å². The summed E-state index contributed by atoms with van der Waals surface area (Å²) in [5.41, 5.74) is 3.20. The molecule has 0 aliphatic carbocycles. The molecule has 4 aromatic rings. The van der Waals surface area contributed by atoms with Crippen molar-refractivity contribution in [2.45, 2.75) is 25.4 Å². The molecule has 0 atom stereocenters. The summed E-state index contributed by atoms with van der Waals surface area (Å²) < 4.78 is 1.85. The molecular formula is C24H26N6. The zero-order chi connectivity index (χ0) is 20.3. The second-order valence-electron chi connectivity index (χ2n) is 7.89. The number of hydrogen-bond acceptors (Lipinski definition) is 5. The molecule has 152 valence electrons. The first-order chi connectivity index (χ1) is 14.8.